The molecule has 0 atom stereocenters. The number of nitrogens with zero attached hydrogens (tertiary/aromatic N) is 4. The standard InChI is InChI=1S/C29H33ClF3N5O3.H2/c1-2-23-25(18-8-6-4-3-5-7-9-18)27(40)38-28(35-26(36-38)19-12-14-41-15-13-19)37(23)17-24(39)34-22-11-10-20(16-21(22)30)29(31,32)33;/h10-12,16,18H,2-9,13-15,17H2,1H3,(H,34,39);1H. The van der Waals surface area contributed by atoms with E-state index in [4.69, 9.17) is 21.3 Å². The maximum absolute atomic E-state index is 14.0. The van der Waals surface area contributed by atoms with Gasteiger partial charge in [0.2, 0.25) is 11.7 Å². The molecule has 2 aromatic heterocycles. The number of nitrogens with one attached hydrogen (secondary N) is 1. The summed E-state index contributed by atoms with van der Waals surface area (Å²) < 4.78 is 47.7. The van der Waals surface area contributed by atoms with Crippen LogP contribution in [0.2, 0.25) is 5.02 Å². The minimum atomic E-state index is -4.55. The molecule has 5 rings (SSSR count). The Morgan fingerprint density at radius 2 is 1.93 bits per heavy atom. The molecule has 12 heteroatoms. The number of fused-ring (bicyclic) bond motifs is 1. The zero-order valence-corrected chi connectivity index (χ0v) is 23.7. The Balaban J connectivity index is 0.00000405. The van der Waals surface area contributed by atoms with Gasteiger partial charge in [0, 0.05) is 12.7 Å². The zero-order chi connectivity index (χ0) is 29.1. The van der Waals surface area contributed by atoms with E-state index in [1.165, 1.54) is 10.9 Å². The van der Waals surface area contributed by atoms with Crippen molar-refractivity contribution in [3.8, 4) is 0 Å². The Morgan fingerprint density at radius 1 is 1.20 bits per heavy atom. The van der Waals surface area contributed by atoms with E-state index in [2.05, 4.69) is 10.4 Å². The lowest BCUT2D eigenvalue weighted by Crippen LogP contribution is -2.32. The molecule has 222 valence electrons. The Bertz CT molecular complexity index is 1530. The average molecular weight is 594 g/mol. The summed E-state index contributed by atoms with van der Waals surface area (Å²) in [7, 11) is 0. The van der Waals surface area contributed by atoms with Crippen molar-refractivity contribution in [2.45, 2.75) is 83.4 Å². The van der Waals surface area contributed by atoms with Gasteiger partial charge in [-0.3, -0.25) is 9.59 Å². The number of ether oxygens (including phenoxy) is 1. The van der Waals surface area contributed by atoms with Gasteiger partial charge in [0.25, 0.3) is 5.56 Å². The molecule has 1 fully saturated rings. The molecule has 1 aliphatic heterocycles. The first-order valence-electron chi connectivity index (χ1n) is 14.1. The lowest BCUT2D eigenvalue weighted by atomic mass is 9.85. The molecule has 2 aliphatic rings. The van der Waals surface area contributed by atoms with E-state index in [0.29, 0.717) is 37.4 Å². The normalized spacial score (nSPS) is 17.2. The fraction of sp³-hybridized carbons (Fsp3) is 0.517. The molecule has 0 unspecified atom stereocenters. The number of anilines is 1. The molecular formula is C29H35ClF3N5O3. The highest BCUT2D eigenvalue weighted by atomic mass is 35.5. The fourth-order valence-corrected chi connectivity index (χ4v) is 6.04. The van der Waals surface area contributed by atoms with Crippen LogP contribution in [0.25, 0.3) is 11.4 Å². The number of halogens is 4. The average Bonchev–Trinajstić information content (AvgIpc) is 3.38. The smallest absolute Gasteiger partial charge is 0.377 e. The van der Waals surface area contributed by atoms with Crippen LogP contribution in [0.3, 0.4) is 0 Å². The first kappa shape index (κ1) is 29.3. The number of aromatic nitrogens is 4. The third kappa shape index (κ3) is 6.35. The van der Waals surface area contributed by atoms with Crippen molar-refractivity contribution in [1.29, 1.82) is 0 Å². The number of carbonyl (C=O) groups excluding carboxylic acids is 1. The number of rotatable bonds is 6. The van der Waals surface area contributed by atoms with Gasteiger partial charge in [-0.25, -0.2) is 0 Å². The van der Waals surface area contributed by atoms with E-state index >= 15 is 0 Å². The summed E-state index contributed by atoms with van der Waals surface area (Å²) in [5.41, 5.74) is 1.21. The van der Waals surface area contributed by atoms with Gasteiger partial charge in [-0.2, -0.15) is 22.7 Å². The van der Waals surface area contributed by atoms with Gasteiger partial charge >= 0.3 is 6.18 Å². The summed E-state index contributed by atoms with van der Waals surface area (Å²) in [4.78, 5) is 32.0. The first-order chi connectivity index (χ1) is 19.7. The summed E-state index contributed by atoms with van der Waals surface area (Å²) in [5.74, 6) is 0.195. The molecule has 1 aromatic carbocycles. The Labute approximate surface area is 242 Å². The number of carbonyl (C=O) groups is 1. The highest BCUT2D eigenvalue weighted by molar-refractivity contribution is 6.33. The highest BCUT2D eigenvalue weighted by Gasteiger charge is 2.31. The minimum absolute atomic E-state index is 0. The second-order valence-electron chi connectivity index (χ2n) is 10.6. The van der Waals surface area contributed by atoms with Crippen LogP contribution in [0.15, 0.2) is 29.1 Å². The largest absolute Gasteiger partial charge is 0.416 e. The first-order valence-corrected chi connectivity index (χ1v) is 14.5. The minimum Gasteiger partial charge on any atom is -0.377 e. The van der Waals surface area contributed by atoms with E-state index in [1.807, 2.05) is 13.0 Å². The van der Waals surface area contributed by atoms with Gasteiger partial charge in [-0.1, -0.05) is 56.7 Å². The van der Waals surface area contributed by atoms with Gasteiger partial charge in [-0.15, -0.1) is 5.10 Å². The fourth-order valence-electron chi connectivity index (χ4n) is 5.81. The predicted octanol–water partition coefficient (Wildman–Crippen LogP) is 6.64. The lowest BCUT2D eigenvalue weighted by molar-refractivity contribution is -0.137. The van der Waals surface area contributed by atoms with Crippen LogP contribution in [0.5, 0.6) is 0 Å². The summed E-state index contributed by atoms with van der Waals surface area (Å²) in [6, 6.07) is 2.79. The van der Waals surface area contributed by atoms with Crippen molar-refractivity contribution in [3.63, 3.8) is 0 Å². The molecule has 1 N–H and O–H groups in total. The van der Waals surface area contributed by atoms with Crippen molar-refractivity contribution in [1.82, 2.24) is 19.2 Å². The zero-order valence-electron chi connectivity index (χ0n) is 22.9. The summed E-state index contributed by atoms with van der Waals surface area (Å²) in [6.45, 7) is 2.68. The van der Waals surface area contributed by atoms with Crippen LogP contribution in [0, 0.1) is 0 Å². The monoisotopic (exact) mass is 593 g/mol. The quantitative estimate of drug-likeness (QED) is 0.346. The van der Waals surface area contributed by atoms with Gasteiger partial charge < -0.3 is 14.6 Å². The van der Waals surface area contributed by atoms with Crippen molar-refractivity contribution < 1.29 is 24.1 Å². The second kappa shape index (κ2) is 12.4. The van der Waals surface area contributed by atoms with E-state index in [-0.39, 0.29) is 35.9 Å². The molecule has 3 heterocycles. The van der Waals surface area contributed by atoms with Gasteiger partial charge in [0.15, 0.2) is 5.82 Å². The molecule has 1 saturated carbocycles. The van der Waals surface area contributed by atoms with Crippen molar-refractivity contribution in [2.75, 3.05) is 18.5 Å². The molecular weight excluding hydrogens is 559 g/mol. The highest BCUT2D eigenvalue weighted by Crippen LogP contribution is 2.34. The summed E-state index contributed by atoms with van der Waals surface area (Å²) >= 11 is 6.10. The van der Waals surface area contributed by atoms with Gasteiger partial charge in [0.1, 0.15) is 6.54 Å². The number of benzene rings is 1. The van der Waals surface area contributed by atoms with Gasteiger partial charge in [0.05, 0.1) is 29.5 Å². The van der Waals surface area contributed by atoms with Crippen LogP contribution in [0.1, 0.15) is 88.3 Å². The Hall–Kier alpha value is -3.18. The molecule has 1 amide bonds. The van der Waals surface area contributed by atoms with E-state index < -0.39 is 17.6 Å². The summed E-state index contributed by atoms with van der Waals surface area (Å²) in [6.07, 6.45) is 5.67. The third-order valence-electron chi connectivity index (χ3n) is 7.86. The predicted molar refractivity (Wildman–Crippen MR) is 152 cm³/mol. The van der Waals surface area contributed by atoms with Gasteiger partial charge in [-0.05, 0) is 55.4 Å². The van der Waals surface area contributed by atoms with Crippen LogP contribution in [-0.2, 0) is 28.7 Å². The molecule has 0 bridgehead atoms. The Kier molecular flexibility index (Phi) is 8.84. The number of hydrogen-bond donors (Lipinski definition) is 1. The van der Waals surface area contributed by atoms with Crippen LogP contribution >= 0.6 is 11.6 Å². The van der Waals surface area contributed by atoms with E-state index in [0.717, 1.165) is 68.0 Å². The second-order valence-corrected chi connectivity index (χ2v) is 11.0. The lowest BCUT2D eigenvalue weighted by Gasteiger charge is -2.24. The topological polar surface area (TPSA) is 90.5 Å². The van der Waals surface area contributed by atoms with Crippen LogP contribution in [-0.4, -0.2) is 38.3 Å². The van der Waals surface area contributed by atoms with Crippen molar-refractivity contribution >= 4 is 34.5 Å². The maximum Gasteiger partial charge on any atom is 0.416 e. The number of hydrogen-bond acceptors (Lipinski definition) is 5. The molecule has 41 heavy (non-hydrogen) atoms. The summed E-state index contributed by atoms with van der Waals surface area (Å²) in [5, 5.41) is 7.01. The number of alkyl halides is 3. The maximum atomic E-state index is 14.0. The van der Waals surface area contributed by atoms with Crippen LogP contribution < -0.4 is 10.9 Å². The third-order valence-corrected chi connectivity index (χ3v) is 8.17. The van der Waals surface area contributed by atoms with Crippen LogP contribution in [0.4, 0.5) is 18.9 Å². The van der Waals surface area contributed by atoms with E-state index in [9.17, 15) is 22.8 Å². The van der Waals surface area contributed by atoms with Crippen molar-refractivity contribution in [3.05, 3.63) is 62.3 Å². The molecule has 3 aromatic rings. The molecule has 0 spiro atoms. The molecule has 0 saturated heterocycles. The molecule has 8 nitrogen and oxygen atoms in total. The molecule has 0 radical (unpaired) electrons. The number of amides is 1. The molecule has 1 aliphatic carbocycles. The van der Waals surface area contributed by atoms with Crippen molar-refractivity contribution in [2.24, 2.45) is 0 Å². The van der Waals surface area contributed by atoms with E-state index in [1.54, 1.807) is 4.57 Å². The SMILES string of the molecule is CCc1c(C2CCCCCCC2)c(=O)n2nc(C3=CCOCC3)nc2n1CC(=O)Nc1ccc(C(F)(F)F)cc1Cl.[HH]. The Morgan fingerprint density at radius 3 is 2.56 bits per heavy atom.